The first kappa shape index (κ1) is 23.1. The van der Waals surface area contributed by atoms with Crippen molar-refractivity contribution < 1.29 is 22.7 Å². The van der Waals surface area contributed by atoms with Crippen molar-refractivity contribution in [2.45, 2.75) is 75.4 Å². The molecule has 1 aromatic carbocycles. The molecule has 168 valence electrons. The molecule has 0 N–H and O–H groups in total. The van der Waals surface area contributed by atoms with Gasteiger partial charge in [-0.2, -0.15) is 0 Å². The van der Waals surface area contributed by atoms with Gasteiger partial charge in [0.25, 0.3) is 0 Å². The highest BCUT2D eigenvalue weighted by Crippen LogP contribution is 2.35. The van der Waals surface area contributed by atoms with Gasteiger partial charge < -0.3 is 14.4 Å². The molecule has 1 saturated carbocycles. The summed E-state index contributed by atoms with van der Waals surface area (Å²) in [7, 11) is -3.14. The highest BCUT2D eigenvalue weighted by atomic mass is 32.2. The van der Waals surface area contributed by atoms with Crippen molar-refractivity contribution in [2.24, 2.45) is 5.92 Å². The van der Waals surface area contributed by atoms with Gasteiger partial charge in [0.15, 0.2) is 9.84 Å². The Bertz CT molecular complexity index is 789. The number of ether oxygens (including phenoxy) is 2. The van der Waals surface area contributed by atoms with Gasteiger partial charge in [-0.15, -0.1) is 0 Å². The molecule has 2 aliphatic rings. The zero-order valence-corrected chi connectivity index (χ0v) is 19.2. The summed E-state index contributed by atoms with van der Waals surface area (Å²) in [5, 5.41) is 0. The number of piperidine rings is 1. The van der Waals surface area contributed by atoms with E-state index in [1.54, 1.807) is 17.0 Å². The van der Waals surface area contributed by atoms with E-state index in [1.807, 2.05) is 26.0 Å². The van der Waals surface area contributed by atoms with E-state index in [0.717, 1.165) is 58.2 Å². The van der Waals surface area contributed by atoms with Crippen LogP contribution < -0.4 is 0 Å². The number of carbonyl (C=O) groups is 1. The molecule has 0 atom stereocenters. The Morgan fingerprint density at radius 2 is 1.63 bits per heavy atom. The van der Waals surface area contributed by atoms with Gasteiger partial charge in [-0.3, -0.25) is 0 Å². The van der Waals surface area contributed by atoms with Gasteiger partial charge in [0, 0.05) is 26.0 Å². The lowest BCUT2D eigenvalue weighted by Gasteiger charge is -2.34. The lowest BCUT2D eigenvalue weighted by atomic mass is 9.82. The summed E-state index contributed by atoms with van der Waals surface area (Å²) in [6.45, 7) is 6.01. The fourth-order valence-electron chi connectivity index (χ4n) is 4.38. The van der Waals surface area contributed by atoms with E-state index in [1.165, 1.54) is 11.8 Å². The van der Waals surface area contributed by atoms with Gasteiger partial charge in [0.2, 0.25) is 0 Å². The molecule has 30 heavy (non-hydrogen) atoms. The number of amides is 1. The molecule has 0 aromatic heterocycles. The standard InChI is InChI=1S/C23H35NO5S/c1-17(2)29-23(25)24-14-12-18(13-15-24)16-28-21-8-4-19(5-9-21)20-6-10-22(11-7-20)30(3,26)27/h6-7,10-11,17-19,21H,4-5,8-9,12-16H2,1-3H3/t19-,21+. The van der Waals surface area contributed by atoms with E-state index in [9.17, 15) is 13.2 Å². The van der Waals surface area contributed by atoms with Crippen LogP contribution in [-0.4, -0.2) is 57.6 Å². The van der Waals surface area contributed by atoms with Crippen LogP contribution in [0.15, 0.2) is 29.2 Å². The Hall–Kier alpha value is -1.60. The van der Waals surface area contributed by atoms with Gasteiger partial charge in [-0.05, 0) is 81.9 Å². The van der Waals surface area contributed by atoms with Gasteiger partial charge in [-0.1, -0.05) is 12.1 Å². The first-order chi connectivity index (χ1) is 14.2. The van der Waals surface area contributed by atoms with Crippen molar-refractivity contribution in [2.75, 3.05) is 26.0 Å². The summed E-state index contributed by atoms with van der Waals surface area (Å²) in [5.41, 5.74) is 1.22. The first-order valence-electron chi connectivity index (χ1n) is 11.1. The second-order valence-corrected chi connectivity index (χ2v) is 11.0. The molecule has 1 amide bonds. The molecule has 1 saturated heterocycles. The van der Waals surface area contributed by atoms with Crippen molar-refractivity contribution in [1.82, 2.24) is 4.90 Å². The molecule has 0 bridgehead atoms. The second kappa shape index (κ2) is 10.1. The average Bonchev–Trinajstić information content (AvgIpc) is 2.72. The molecule has 3 rings (SSSR count). The minimum absolute atomic E-state index is 0.0775. The lowest BCUT2D eigenvalue weighted by molar-refractivity contribution is -0.00904. The lowest BCUT2D eigenvalue weighted by Crippen LogP contribution is -2.40. The minimum Gasteiger partial charge on any atom is -0.447 e. The number of hydrogen-bond donors (Lipinski definition) is 0. The minimum atomic E-state index is -3.14. The third kappa shape index (κ3) is 6.45. The van der Waals surface area contributed by atoms with Gasteiger partial charge in [0.05, 0.1) is 17.1 Å². The number of benzene rings is 1. The molecule has 0 spiro atoms. The Kier molecular flexibility index (Phi) is 7.80. The van der Waals surface area contributed by atoms with Gasteiger partial charge in [0.1, 0.15) is 0 Å². The molecule has 6 nitrogen and oxygen atoms in total. The van der Waals surface area contributed by atoms with E-state index in [4.69, 9.17) is 9.47 Å². The maximum absolute atomic E-state index is 12.0. The summed E-state index contributed by atoms with van der Waals surface area (Å²) in [5.74, 6) is 0.989. The van der Waals surface area contributed by atoms with Crippen LogP contribution in [0.3, 0.4) is 0 Å². The zero-order valence-electron chi connectivity index (χ0n) is 18.4. The van der Waals surface area contributed by atoms with E-state index >= 15 is 0 Å². The fraction of sp³-hybridized carbons (Fsp3) is 0.696. The van der Waals surface area contributed by atoms with Crippen LogP contribution >= 0.6 is 0 Å². The Labute approximate surface area is 180 Å². The Morgan fingerprint density at radius 3 is 2.17 bits per heavy atom. The molecule has 1 aliphatic heterocycles. The van der Waals surface area contributed by atoms with Crippen molar-refractivity contribution in [3.8, 4) is 0 Å². The maximum atomic E-state index is 12.0. The number of sulfone groups is 1. The third-order valence-electron chi connectivity index (χ3n) is 6.23. The van der Waals surface area contributed by atoms with Crippen LogP contribution in [0.25, 0.3) is 0 Å². The highest BCUT2D eigenvalue weighted by molar-refractivity contribution is 7.90. The van der Waals surface area contributed by atoms with Gasteiger partial charge in [-0.25, -0.2) is 13.2 Å². The maximum Gasteiger partial charge on any atom is 0.410 e. The van der Waals surface area contributed by atoms with Crippen LogP contribution in [0.1, 0.15) is 63.9 Å². The summed E-state index contributed by atoms with van der Waals surface area (Å²) < 4.78 is 34.7. The molecule has 7 heteroatoms. The van der Waals surface area contributed by atoms with Crippen LogP contribution in [-0.2, 0) is 19.3 Å². The van der Waals surface area contributed by atoms with Crippen LogP contribution in [0.2, 0.25) is 0 Å². The predicted molar refractivity (Wildman–Crippen MR) is 116 cm³/mol. The summed E-state index contributed by atoms with van der Waals surface area (Å²) in [6, 6.07) is 7.35. The van der Waals surface area contributed by atoms with Crippen molar-refractivity contribution in [3.63, 3.8) is 0 Å². The Balaban J connectivity index is 1.37. The van der Waals surface area contributed by atoms with Gasteiger partial charge >= 0.3 is 6.09 Å². The predicted octanol–water partition coefficient (Wildman–Crippen LogP) is 4.39. The summed E-state index contributed by atoms with van der Waals surface area (Å²) in [4.78, 5) is 14.2. The monoisotopic (exact) mass is 437 g/mol. The molecule has 0 radical (unpaired) electrons. The van der Waals surface area contributed by atoms with Crippen LogP contribution in [0, 0.1) is 5.92 Å². The smallest absolute Gasteiger partial charge is 0.410 e. The number of carbonyl (C=O) groups excluding carboxylic acids is 1. The van der Waals surface area contributed by atoms with Crippen molar-refractivity contribution in [3.05, 3.63) is 29.8 Å². The van der Waals surface area contributed by atoms with E-state index in [-0.39, 0.29) is 12.2 Å². The fourth-order valence-corrected chi connectivity index (χ4v) is 5.01. The quantitative estimate of drug-likeness (QED) is 0.660. The molecule has 2 fully saturated rings. The third-order valence-corrected chi connectivity index (χ3v) is 7.36. The molecular weight excluding hydrogens is 402 g/mol. The van der Waals surface area contributed by atoms with Crippen molar-refractivity contribution >= 4 is 15.9 Å². The number of likely N-dealkylation sites (tertiary alicyclic amines) is 1. The summed E-state index contributed by atoms with van der Waals surface area (Å²) in [6.07, 6.45) is 7.43. The van der Waals surface area contributed by atoms with E-state index < -0.39 is 9.84 Å². The number of rotatable bonds is 6. The normalized spacial score (nSPS) is 23.5. The highest BCUT2D eigenvalue weighted by Gasteiger charge is 2.27. The van der Waals surface area contributed by atoms with E-state index in [0.29, 0.717) is 22.8 Å². The topological polar surface area (TPSA) is 72.9 Å². The molecule has 1 aliphatic carbocycles. The number of nitrogens with zero attached hydrogens (tertiary/aromatic N) is 1. The molecule has 1 heterocycles. The van der Waals surface area contributed by atoms with Crippen LogP contribution in [0.4, 0.5) is 4.79 Å². The largest absolute Gasteiger partial charge is 0.447 e. The first-order valence-corrected chi connectivity index (χ1v) is 13.0. The van der Waals surface area contributed by atoms with Crippen LogP contribution in [0.5, 0.6) is 0 Å². The Morgan fingerprint density at radius 1 is 1.03 bits per heavy atom. The number of hydrogen-bond acceptors (Lipinski definition) is 5. The molecule has 1 aromatic rings. The zero-order chi connectivity index (χ0) is 21.7. The molecular formula is C23H35NO5S. The van der Waals surface area contributed by atoms with Crippen molar-refractivity contribution in [1.29, 1.82) is 0 Å². The SMILES string of the molecule is CC(C)OC(=O)N1CCC(CO[C@H]2CC[C@@H](c3ccc(S(C)(=O)=O)cc3)CC2)CC1. The average molecular weight is 438 g/mol. The molecule has 0 unspecified atom stereocenters. The van der Waals surface area contributed by atoms with E-state index in [2.05, 4.69) is 0 Å². The second-order valence-electron chi connectivity index (χ2n) is 9.01. The summed E-state index contributed by atoms with van der Waals surface area (Å²) >= 11 is 0.